The Morgan fingerprint density at radius 3 is 2.71 bits per heavy atom. The molecule has 3 N–H and O–H groups in total. The number of hydrogen-bond acceptors (Lipinski definition) is 6. The largest absolute Gasteiger partial charge is 0.393 e. The van der Waals surface area contributed by atoms with Crippen LogP contribution in [0.15, 0.2) is 24.4 Å². The average Bonchev–Trinajstić information content (AvgIpc) is 2.85. The van der Waals surface area contributed by atoms with E-state index in [9.17, 15) is 10.4 Å². The Hall–Kier alpha value is -2.59. The molecule has 0 bridgehead atoms. The van der Waals surface area contributed by atoms with E-state index >= 15 is 0 Å². The second-order valence-electron chi connectivity index (χ2n) is 5.01. The summed E-state index contributed by atoms with van der Waals surface area (Å²) in [7, 11) is 0. The fourth-order valence-corrected chi connectivity index (χ4v) is 2.48. The average molecular weight is 284 g/mol. The normalized spacial score (nSPS) is 15.9. The predicted molar refractivity (Wildman–Crippen MR) is 77.9 cm³/mol. The van der Waals surface area contributed by atoms with Crippen molar-refractivity contribution in [3.8, 4) is 11.9 Å². The number of nitrogens with zero attached hydrogens (tertiary/aromatic N) is 5. The molecular formula is C14H16N6O. The van der Waals surface area contributed by atoms with Crippen LogP contribution in [0.5, 0.6) is 0 Å². The minimum Gasteiger partial charge on any atom is -0.393 e. The first kappa shape index (κ1) is 13.4. The van der Waals surface area contributed by atoms with E-state index in [1.165, 1.54) is 4.68 Å². The lowest BCUT2D eigenvalue weighted by atomic mass is 10.1. The van der Waals surface area contributed by atoms with Gasteiger partial charge in [-0.1, -0.05) is 6.07 Å². The van der Waals surface area contributed by atoms with Crippen molar-refractivity contribution in [2.75, 3.05) is 23.7 Å². The lowest BCUT2D eigenvalue weighted by Gasteiger charge is -2.29. The molecule has 7 heteroatoms. The smallest absolute Gasteiger partial charge is 0.171 e. The molecule has 1 aliphatic rings. The van der Waals surface area contributed by atoms with Crippen LogP contribution in [0.25, 0.3) is 5.82 Å². The van der Waals surface area contributed by atoms with E-state index in [4.69, 9.17) is 5.73 Å². The monoisotopic (exact) mass is 284 g/mol. The molecule has 0 atom stereocenters. The van der Waals surface area contributed by atoms with Gasteiger partial charge in [0.15, 0.2) is 11.6 Å². The third-order valence-electron chi connectivity index (χ3n) is 3.64. The summed E-state index contributed by atoms with van der Waals surface area (Å²) in [6, 6.07) is 7.55. The number of aromatic nitrogens is 3. The molecule has 21 heavy (non-hydrogen) atoms. The van der Waals surface area contributed by atoms with Crippen molar-refractivity contribution in [3.05, 3.63) is 30.0 Å². The first-order valence-corrected chi connectivity index (χ1v) is 6.83. The molecule has 3 rings (SSSR count). The Labute approximate surface area is 122 Å². The van der Waals surface area contributed by atoms with Gasteiger partial charge in [-0.25, -0.2) is 4.98 Å². The van der Waals surface area contributed by atoms with Crippen molar-refractivity contribution in [1.29, 1.82) is 5.26 Å². The third kappa shape index (κ3) is 2.41. The first-order valence-electron chi connectivity index (χ1n) is 6.83. The van der Waals surface area contributed by atoms with Gasteiger partial charge in [0.2, 0.25) is 0 Å². The Bertz CT molecular complexity index is 667. The second-order valence-corrected chi connectivity index (χ2v) is 5.01. The molecule has 0 saturated carbocycles. The first-order chi connectivity index (χ1) is 10.2. The van der Waals surface area contributed by atoms with E-state index in [0.29, 0.717) is 43.1 Å². The number of hydrogen-bond donors (Lipinski definition) is 2. The SMILES string of the molecule is N#Cc1c(N2CCC(O)CC2)nn(-c2ccccn2)c1N. The summed E-state index contributed by atoms with van der Waals surface area (Å²) >= 11 is 0. The van der Waals surface area contributed by atoms with Gasteiger partial charge in [-0.3, -0.25) is 0 Å². The molecule has 0 aromatic carbocycles. The van der Waals surface area contributed by atoms with Gasteiger partial charge in [0, 0.05) is 19.3 Å². The van der Waals surface area contributed by atoms with Gasteiger partial charge < -0.3 is 15.7 Å². The van der Waals surface area contributed by atoms with Crippen LogP contribution < -0.4 is 10.6 Å². The molecule has 0 aliphatic carbocycles. The van der Waals surface area contributed by atoms with Crippen LogP contribution >= 0.6 is 0 Å². The molecule has 1 fully saturated rings. The van der Waals surface area contributed by atoms with Crippen LogP contribution in [0.1, 0.15) is 18.4 Å². The number of aliphatic hydroxyl groups is 1. The Balaban J connectivity index is 2.00. The van der Waals surface area contributed by atoms with Crippen molar-refractivity contribution in [2.45, 2.75) is 18.9 Å². The van der Waals surface area contributed by atoms with Gasteiger partial charge in [-0.2, -0.15) is 9.94 Å². The van der Waals surface area contributed by atoms with Gasteiger partial charge in [-0.05, 0) is 25.0 Å². The fraction of sp³-hybridized carbons (Fsp3) is 0.357. The minimum absolute atomic E-state index is 0.276. The van der Waals surface area contributed by atoms with E-state index in [0.717, 1.165) is 0 Å². The molecule has 0 unspecified atom stereocenters. The van der Waals surface area contributed by atoms with Crippen molar-refractivity contribution in [1.82, 2.24) is 14.8 Å². The number of nitrogens with two attached hydrogens (primary N) is 1. The van der Waals surface area contributed by atoms with E-state index in [1.807, 2.05) is 11.0 Å². The summed E-state index contributed by atoms with van der Waals surface area (Å²) in [5.74, 6) is 1.43. The molecule has 2 aromatic rings. The molecule has 1 aliphatic heterocycles. The number of rotatable bonds is 2. The van der Waals surface area contributed by atoms with Crippen LogP contribution in [-0.4, -0.2) is 39.1 Å². The van der Waals surface area contributed by atoms with E-state index in [-0.39, 0.29) is 11.9 Å². The number of nitriles is 1. The number of piperidine rings is 1. The zero-order valence-electron chi connectivity index (χ0n) is 11.5. The topological polar surface area (TPSA) is 104 Å². The van der Waals surface area contributed by atoms with E-state index < -0.39 is 0 Å². The molecule has 1 saturated heterocycles. The molecule has 0 amide bonds. The maximum Gasteiger partial charge on any atom is 0.171 e. The van der Waals surface area contributed by atoms with Crippen LogP contribution in [-0.2, 0) is 0 Å². The number of nitrogen functional groups attached to an aromatic ring is 1. The molecule has 0 radical (unpaired) electrons. The summed E-state index contributed by atoms with van der Waals surface area (Å²) < 4.78 is 1.49. The van der Waals surface area contributed by atoms with Crippen molar-refractivity contribution in [2.24, 2.45) is 0 Å². The van der Waals surface area contributed by atoms with Crippen molar-refractivity contribution >= 4 is 11.6 Å². The molecule has 3 heterocycles. The highest BCUT2D eigenvalue weighted by Crippen LogP contribution is 2.28. The Kier molecular flexibility index (Phi) is 3.46. The molecule has 7 nitrogen and oxygen atoms in total. The zero-order chi connectivity index (χ0) is 14.8. The summed E-state index contributed by atoms with van der Waals surface area (Å²) in [4.78, 5) is 6.20. The van der Waals surface area contributed by atoms with Crippen LogP contribution in [0.3, 0.4) is 0 Å². The summed E-state index contributed by atoms with van der Waals surface area (Å²) in [5, 5.41) is 23.4. The second kappa shape index (κ2) is 5.42. The standard InChI is InChI=1S/C14H16N6O/c15-9-11-13(16)20(12-3-1-2-6-17-12)18-14(11)19-7-4-10(21)5-8-19/h1-3,6,10,21H,4-5,7-8,16H2. The number of pyridine rings is 1. The quantitative estimate of drug-likeness (QED) is 0.840. The van der Waals surface area contributed by atoms with Gasteiger partial charge in [0.05, 0.1) is 6.10 Å². The number of anilines is 2. The summed E-state index contributed by atoms with van der Waals surface area (Å²) in [5.41, 5.74) is 6.40. The highest BCUT2D eigenvalue weighted by atomic mass is 16.3. The fourth-order valence-electron chi connectivity index (χ4n) is 2.48. The molecule has 108 valence electrons. The maximum atomic E-state index is 9.59. The van der Waals surface area contributed by atoms with Crippen LogP contribution in [0.4, 0.5) is 11.6 Å². The number of aliphatic hydroxyl groups excluding tert-OH is 1. The van der Waals surface area contributed by atoms with Crippen molar-refractivity contribution < 1.29 is 5.11 Å². The Morgan fingerprint density at radius 1 is 1.33 bits per heavy atom. The maximum absolute atomic E-state index is 9.59. The summed E-state index contributed by atoms with van der Waals surface area (Å²) in [6.45, 7) is 1.32. The molecular weight excluding hydrogens is 268 g/mol. The summed E-state index contributed by atoms with van der Waals surface area (Å²) in [6.07, 6.45) is 2.71. The molecule has 2 aromatic heterocycles. The van der Waals surface area contributed by atoms with Crippen LogP contribution in [0.2, 0.25) is 0 Å². The third-order valence-corrected chi connectivity index (χ3v) is 3.64. The minimum atomic E-state index is -0.276. The van der Waals surface area contributed by atoms with E-state index in [1.54, 1.807) is 18.3 Å². The highest BCUT2D eigenvalue weighted by molar-refractivity contribution is 5.66. The Morgan fingerprint density at radius 2 is 2.10 bits per heavy atom. The molecule has 0 spiro atoms. The predicted octanol–water partition coefficient (Wildman–Crippen LogP) is 0.682. The van der Waals surface area contributed by atoms with Gasteiger partial charge in [-0.15, -0.1) is 5.10 Å². The van der Waals surface area contributed by atoms with Gasteiger partial charge in [0.25, 0.3) is 0 Å². The van der Waals surface area contributed by atoms with Crippen LogP contribution in [0, 0.1) is 11.3 Å². The van der Waals surface area contributed by atoms with Gasteiger partial charge >= 0.3 is 0 Å². The zero-order valence-corrected chi connectivity index (χ0v) is 11.5. The van der Waals surface area contributed by atoms with E-state index in [2.05, 4.69) is 16.2 Å². The van der Waals surface area contributed by atoms with Gasteiger partial charge in [0.1, 0.15) is 17.5 Å². The van der Waals surface area contributed by atoms with Crippen molar-refractivity contribution in [3.63, 3.8) is 0 Å². The lowest BCUT2D eigenvalue weighted by Crippen LogP contribution is -2.36. The highest BCUT2D eigenvalue weighted by Gasteiger charge is 2.25. The lowest BCUT2D eigenvalue weighted by molar-refractivity contribution is 0.145.